The topological polar surface area (TPSA) is 93.6 Å². The Kier molecular flexibility index (Phi) is 3.72. The number of hydrogen-bond donors (Lipinski definition) is 0. The lowest BCUT2D eigenvalue weighted by Gasteiger charge is -2.19. The third-order valence-corrected chi connectivity index (χ3v) is 6.85. The lowest BCUT2D eigenvalue weighted by Crippen LogP contribution is -2.36. The van der Waals surface area contributed by atoms with Crippen molar-refractivity contribution in [1.82, 2.24) is 4.98 Å². The first-order valence-corrected chi connectivity index (χ1v) is 9.63. The first-order chi connectivity index (χ1) is 10.3. The molecule has 3 rings (SSSR count). The van der Waals surface area contributed by atoms with Crippen LogP contribution in [-0.4, -0.2) is 49.4 Å². The summed E-state index contributed by atoms with van der Waals surface area (Å²) in [4.78, 5) is 30.1. The Hall–Kier alpha value is -1.48. The lowest BCUT2D eigenvalue weighted by atomic mass is 10.1. The molecule has 2 aliphatic heterocycles. The van der Waals surface area contributed by atoms with Crippen LogP contribution in [0.1, 0.15) is 28.7 Å². The van der Waals surface area contributed by atoms with E-state index in [-0.39, 0.29) is 42.4 Å². The quantitative estimate of drug-likeness (QED) is 0.752. The summed E-state index contributed by atoms with van der Waals surface area (Å²) in [5.41, 5.74) is 0.496. The van der Waals surface area contributed by atoms with Gasteiger partial charge in [-0.2, -0.15) is 0 Å². The molecule has 0 aromatic carbocycles. The van der Waals surface area contributed by atoms with Gasteiger partial charge in [-0.1, -0.05) is 11.3 Å². The molecule has 2 fully saturated rings. The predicted molar refractivity (Wildman–Crippen MR) is 80.8 cm³/mol. The maximum absolute atomic E-state index is 12.2. The molecule has 9 heteroatoms. The fraction of sp³-hybridized carbons (Fsp3) is 0.615. The number of fused-ring (bicyclic) bond motifs is 1. The number of rotatable bonds is 3. The van der Waals surface area contributed by atoms with Crippen LogP contribution < -0.4 is 4.90 Å². The molecule has 2 atom stereocenters. The molecule has 1 aromatic heterocycles. The zero-order chi connectivity index (χ0) is 16.1. The molecule has 0 saturated carbocycles. The van der Waals surface area contributed by atoms with E-state index in [2.05, 4.69) is 4.98 Å². The number of esters is 1. The largest absolute Gasteiger partial charge is 0.462 e. The summed E-state index contributed by atoms with van der Waals surface area (Å²) in [6.45, 7) is 3.65. The van der Waals surface area contributed by atoms with E-state index in [1.165, 1.54) is 4.90 Å². The summed E-state index contributed by atoms with van der Waals surface area (Å²) in [5, 5.41) is 0.384. The second kappa shape index (κ2) is 5.31. The minimum atomic E-state index is -3.11. The van der Waals surface area contributed by atoms with Crippen LogP contribution in [0.3, 0.4) is 0 Å². The summed E-state index contributed by atoms with van der Waals surface area (Å²) in [6.07, 6.45) is 0.220. The molecule has 2 aliphatic rings. The Morgan fingerprint density at radius 3 is 2.86 bits per heavy atom. The van der Waals surface area contributed by atoms with E-state index in [4.69, 9.17) is 4.74 Å². The van der Waals surface area contributed by atoms with Crippen molar-refractivity contribution in [3.63, 3.8) is 0 Å². The second-order valence-electron chi connectivity index (χ2n) is 5.50. The number of nitrogens with zero attached hydrogens (tertiary/aromatic N) is 2. The standard InChI is InChI=1S/C13H16N2O5S2/c1-3-20-12(17)11-7(2)14-13(21-11)15-9-6-22(18,19)5-8(9)4-10(15)16/h8-9H,3-6H2,1-2H3. The third kappa shape index (κ3) is 2.52. The van der Waals surface area contributed by atoms with Gasteiger partial charge in [0.15, 0.2) is 15.0 Å². The van der Waals surface area contributed by atoms with E-state index < -0.39 is 15.8 Å². The van der Waals surface area contributed by atoms with E-state index in [1.807, 2.05) is 0 Å². The van der Waals surface area contributed by atoms with Gasteiger partial charge in [0.05, 0.1) is 29.8 Å². The van der Waals surface area contributed by atoms with Crippen LogP contribution in [0.4, 0.5) is 5.13 Å². The molecule has 1 amide bonds. The first kappa shape index (κ1) is 15.4. The Bertz CT molecular complexity index is 740. The maximum Gasteiger partial charge on any atom is 0.350 e. The zero-order valence-corrected chi connectivity index (χ0v) is 13.9. The van der Waals surface area contributed by atoms with Crippen LogP contribution in [0, 0.1) is 12.8 Å². The molecule has 1 aromatic rings. The summed E-state index contributed by atoms with van der Waals surface area (Å²) in [5.74, 6) is -0.751. The number of thiazole rings is 1. The van der Waals surface area contributed by atoms with Gasteiger partial charge in [-0.05, 0) is 13.8 Å². The van der Waals surface area contributed by atoms with Gasteiger partial charge in [-0.15, -0.1) is 0 Å². The van der Waals surface area contributed by atoms with Gasteiger partial charge in [-0.25, -0.2) is 18.2 Å². The Balaban J connectivity index is 1.92. The number of sulfone groups is 1. The summed E-state index contributed by atoms with van der Waals surface area (Å²) < 4.78 is 28.5. The van der Waals surface area contributed by atoms with Gasteiger partial charge in [0.2, 0.25) is 5.91 Å². The molecule has 22 heavy (non-hydrogen) atoms. The number of carbonyl (C=O) groups is 2. The summed E-state index contributed by atoms with van der Waals surface area (Å²) >= 11 is 1.08. The monoisotopic (exact) mass is 344 g/mol. The highest BCUT2D eigenvalue weighted by molar-refractivity contribution is 7.91. The molecule has 2 unspecified atom stereocenters. The first-order valence-electron chi connectivity index (χ1n) is 6.99. The number of aromatic nitrogens is 1. The van der Waals surface area contributed by atoms with Crippen molar-refractivity contribution in [1.29, 1.82) is 0 Å². The zero-order valence-electron chi connectivity index (χ0n) is 12.2. The van der Waals surface area contributed by atoms with Crippen LogP contribution in [0.5, 0.6) is 0 Å². The van der Waals surface area contributed by atoms with Crippen molar-refractivity contribution >= 4 is 38.2 Å². The Morgan fingerprint density at radius 1 is 1.45 bits per heavy atom. The molecule has 0 radical (unpaired) electrons. The van der Waals surface area contributed by atoms with E-state index in [1.54, 1.807) is 13.8 Å². The lowest BCUT2D eigenvalue weighted by molar-refractivity contribution is -0.117. The molecule has 120 valence electrons. The third-order valence-electron chi connectivity index (χ3n) is 3.93. The average molecular weight is 344 g/mol. The van der Waals surface area contributed by atoms with Crippen molar-refractivity contribution < 1.29 is 22.7 Å². The molecule has 7 nitrogen and oxygen atoms in total. The summed E-state index contributed by atoms with van der Waals surface area (Å²) in [6, 6.07) is -0.363. The van der Waals surface area contributed by atoms with Gasteiger partial charge in [0.25, 0.3) is 0 Å². The smallest absolute Gasteiger partial charge is 0.350 e. The van der Waals surface area contributed by atoms with Gasteiger partial charge in [0, 0.05) is 12.3 Å². The van der Waals surface area contributed by atoms with E-state index in [9.17, 15) is 18.0 Å². The highest BCUT2D eigenvalue weighted by Crippen LogP contribution is 2.39. The van der Waals surface area contributed by atoms with Crippen molar-refractivity contribution in [2.75, 3.05) is 23.0 Å². The van der Waals surface area contributed by atoms with Crippen molar-refractivity contribution in [3.05, 3.63) is 10.6 Å². The fourth-order valence-corrected chi connectivity index (χ4v) is 6.12. The SMILES string of the molecule is CCOC(=O)c1sc(N2C(=O)CC3CS(=O)(=O)CC32)nc1C. The van der Waals surface area contributed by atoms with E-state index in [0.717, 1.165) is 11.3 Å². The number of amides is 1. The number of ether oxygens (including phenoxy) is 1. The van der Waals surface area contributed by atoms with Crippen LogP contribution in [0.15, 0.2) is 0 Å². The molecule has 2 saturated heterocycles. The molecule has 0 bridgehead atoms. The Labute approximate surface area is 132 Å². The van der Waals surface area contributed by atoms with Gasteiger partial charge in [-0.3, -0.25) is 9.69 Å². The van der Waals surface area contributed by atoms with Crippen LogP contribution >= 0.6 is 11.3 Å². The highest BCUT2D eigenvalue weighted by atomic mass is 32.2. The maximum atomic E-state index is 12.2. The summed E-state index contributed by atoms with van der Waals surface area (Å²) in [7, 11) is -3.11. The van der Waals surface area contributed by atoms with Crippen molar-refractivity contribution in [3.8, 4) is 0 Å². The minimum Gasteiger partial charge on any atom is -0.462 e. The van der Waals surface area contributed by atoms with E-state index in [0.29, 0.717) is 15.7 Å². The van der Waals surface area contributed by atoms with Crippen molar-refractivity contribution in [2.24, 2.45) is 5.92 Å². The molecular weight excluding hydrogens is 328 g/mol. The minimum absolute atomic E-state index is 0.0310. The molecule has 0 N–H and O–H groups in total. The molecule has 3 heterocycles. The number of hydrogen-bond acceptors (Lipinski definition) is 7. The average Bonchev–Trinajstić information content (AvgIpc) is 2.99. The van der Waals surface area contributed by atoms with Crippen LogP contribution in [-0.2, 0) is 19.4 Å². The number of carbonyl (C=O) groups excluding carboxylic acids is 2. The van der Waals surface area contributed by atoms with Crippen LogP contribution in [0.25, 0.3) is 0 Å². The second-order valence-corrected chi connectivity index (χ2v) is 8.63. The van der Waals surface area contributed by atoms with Crippen LogP contribution in [0.2, 0.25) is 0 Å². The van der Waals surface area contributed by atoms with Crippen molar-refractivity contribution in [2.45, 2.75) is 26.3 Å². The molecule has 0 spiro atoms. The Morgan fingerprint density at radius 2 is 2.18 bits per heavy atom. The highest BCUT2D eigenvalue weighted by Gasteiger charge is 2.50. The number of aryl methyl sites for hydroxylation is 1. The molecule has 0 aliphatic carbocycles. The van der Waals surface area contributed by atoms with Gasteiger partial charge in [0.1, 0.15) is 4.88 Å². The predicted octanol–water partition coefficient (Wildman–Crippen LogP) is 0.778. The van der Waals surface area contributed by atoms with E-state index >= 15 is 0 Å². The normalized spacial score (nSPS) is 26.3. The number of anilines is 1. The van der Waals surface area contributed by atoms with Gasteiger partial charge < -0.3 is 4.74 Å². The molecular formula is C13H16N2O5S2. The fourth-order valence-electron chi connectivity index (χ4n) is 3.01. The van der Waals surface area contributed by atoms with Gasteiger partial charge >= 0.3 is 5.97 Å².